The zero-order valence-electron chi connectivity index (χ0n) is 18.8. The van der Waals surface area contributed by atoms with Gasteiger partial charge in [-0.2, -0.15) is 9.04 Å². The number of halogens is 1. The van der Waals surface area contributed by atoms with Crippen LogP contribution in [-0.2, 0) is 16.6 Å². The Balaban J connectivity index is 1.29. The number of hydrogen-bond acceptors (Lipinski definition) is 7. The molecule has 1 saturated heterocycles. The average Bonchev–Trinajstić information content (AvgIpc) is 3.27. The number of rotatable bonds is 5. The SMILES string of the molecule is O=C(c1ncc(-c2cc[n+]([O-])cc2)cn1)N1CCN(S(=O)(=O)c2[nH]c3ccc(Cl)cc3c2CO)CC1. The van der Waals surface area contributed by atoms with E-state index < -0.39 is 22.5 Å². The lowest BCUT2D eigenvalue weighted by molar-refractivity contribution is -0.605. The average molecular weight is 529 g/mol. The van der Waals surface area contributed by atoms with Gasteiger partial charge in [0.1, 0.15) is 0 Å². The molecular formula is C23H21ClN6O5S. The highest BCUT2D eigenvalue weighted by atomic mass is 35.5. The Morgan fingerprint density at radius 2 is 1.75 bits per heavy atom. The molecule has 1 fully saturated rings. The van der Waals surface area contributed by atoms with Crippen LogP contribution in [0.4, 0.5) is 0 Å². The molecule has 0 spiro atoms. The summed E-state index contributed by atoms with van der Waals surface area (Å²) in [5, 5.41) is 22.0. The van der Waals surface area contributed by atoms with Crippen LogP contribution in [0.1, 0.15) is 16.2 Å². The van der Waals surface area contributed by atoms with Crippen LogP contribution in [0.3, 0.4) is 0 Å². The fourth-order valence-electron chi connectivity index (χ4n) is 4.17. The van der Waals surface area contributed by atoms with Crippen LogP contribution in [0, 0.1) is 5.21 Å². The summed E-state index contributed by atoms with van der Waals surface area (Å²) in [6, 6.07) is 8.15. The fourth-order valence-corrected chi connectivity index (χ4v) is 5.97. The third-order valence-electron chi connectivity index (χ3n) is 6.09. The van der Waals surface area contributed by atoms with Crippen molar-refractivity contribution in [3.05, 3.63) is 76.7 Å². The number of H-pyrrole nitrogens is 1. The number of amides is 1. The van der Waals surface area contributed by atoms with E-state index in [4.69, 9.17) is 11.6 Å². The number of aliphatic hydroxyl groups is 1. The monoisotopic (exact) mass is 528 g/mol. The Morgan fingerprint density at radius 3 is 2.39 bits per heavy atom. The predicted octanol–water partition coefficient (Wildman–Crippen LogP) is 1.55. The van der Waals surface area contributed by atoms with Crippen molar-refractivity contribution < 1.29 is 23.0 Å². The quantitative estimate of drug-likeness (QED) is 0.295. The number of hydrogen-bond donors (Lipinski definition) is 2. The minimum atomic E-state index is -3.95. The first-order valence-electron chi connectivity index (χ1n) is 11.0. The maximum absolute atomic E-state index is 13.4. The van der Waals surface area contributed by atoms with Crippen LogP contribution < -0.4 is 4.73 Å². The molecule has 5 rings (SSSR count). The van der Waals surface area contributed by atoms with Crippen molar-refractivity contribution in [3.8, 4) is 11.1 Å². The number of piperazine rings is 1. The number of aromatic amines is 1. The molecule has 1 aromatic carbocycles. The van der Waals surface area contributed by atoms with Gasteiger partial charge >= 0.3 is 0 Å². The second-order valence-corrected chi connectivity index (χ2v) is 10.5. The first-order valence-corrected chi connectivity index (χ1v) is 12.8. The normalized spacial score (nSPS) is 14.9. The van der Waals surface area contributed by atoms with E-state index >= 15 is 0 Å². The van der Waals surface area contributed by atoms with Gasteiger partial charge in [-0.15, -0.1) is 0 Å². The summed E-state index contributed by atoms with van der Waals surface area (Å²) in [4.78, 5) is 25.6. The Hall–Kier alpha value is -3.58. The molecule has 3 aromatic heterocycles. The zero-order chi connectivity index (χ0) is 25.4. The summed E-state index contributed by atoms with van der Waals surface area (Å²) in [6.07, 6.45) is 5.72. The molecule has 0 atom stereocenters. The first-order chi connectivity index (χ1) is 17.3. The smallest absolute Gasteiger partial charge is 0.291 e. The van der Waals surface area contributed by atoms with Gasteiger partial charge in [-0.1, -0.05) is 11.6 Å². The van der Waals surface area contributed by atoms with Gasteiger partial charge in [0.2, 0.25) is 5.82 Å². The number of nitrogens with zero attached hydrogens (tertiary/aromatic N) is 5. The molecule has 13 heteroatoms. The Bertz CT molecular complexity index is 1530. The number of fused-ring (bicyclic) bond motifs is 1. The molecule has 11 nitrogen and oxygen atoms in total. The van der Waals surface area contributed by atoms with Gasteiger partial charge in [-0.3, -0.25) is 4.79 Å². The van der Waals surface area contributed by atoms with Gasteiger partial charge in [-0.25, -0.2) is 18.4 Å². The molecule has 0 unspecified atom stereocenters. The second-order valence-electron chi connectivity index (χ2n) is 8.22. The molecule has 0 bridgehead atoms. The summed E-state index contributed by atoms with van der Waals surface area (Å²) in [5.41, 5.74) is 2.20. The lowest BCUT2D eigenvalue weighted by Gasteiger charge is -2.33. The third kappa shape index (κ3) is 4.39. The van der Waals surface area contributed by atoms with E-state index in [1.165, 1.54) is 34.0 Å². The van der Waals surface area contributed by atoms with Gasteiger partial charge in [0.05, 0.1) is 6.61 Å². The number of aliphatic hydroxyl groups excluding tert-OH is 1. The first kappa shape index (κ1) is 24.1. The molecule has 36 heavy (non-hydrogen) atoms. The molecule has 0 saturated carbocycles. The van der Waals surface area contributed by atoms with E-state index in [0.29, 0.717) is 26.2 Å². The van der Waals surface area contributed by atoms with Crippen molar-refractivity contribution in [3.63, 3.8) is 0 Å². The van der Waals surface area contributed by atoms with E-state index in [1.807, 2.05) is 0 Å². The van der Waals surface area contributed by atoms with Gasteiger partial charge in [-0.05, 0) is 23.8 Å². The highest BCUT2D eigenvalue weighted by Gasteiger charge is 2.34. The Kier molecular flexibility index (Phi) is 6.35. The number of carbonyl (C=O) groups is 1. The van der Waals surface area contributed by atoms with Gasteiger partial charge in [0, 0.05) is 77.8 Å². The van der Waals surface area contributed by atoms with Crippen molar-refractivity contribution >= 4 is 38.4 Å². The topological polar surface area (TPSA) is 146 Å². The fraction of sp³-hybridized carbons (Fsp3) is 0.217. The minimum absolute atomic E-state index is 0.0000555. The molecule has 4 heterocycles. The van der Waals surface area contributed by atoms with Crippen molar-refractivity contribution in [1.29, 1.82) is 0 Å². The predicted molar refractivity (Wildman–Crippen MR) is 130 cm³/mol. The minimum Gasteiger partial charge on any atom is -0.619 e. The van der Waals surface area contributed by atoms with E-state index in [2.05, 4.69) is 15.0 Å². The van der Waals surface area contributed by atoms with E-state index in [-0.39, 0.29) is 42.6 Å². The Morgan fingerprint density at radius 1 is 1.08 bits per heavy atom. The summed E-state index contributed by atoms with van der Waals surface area (Å²) >= 11 is 6.05. The maximum Gasteiger partial charge on any atom is 0.291 e. The zero-order valence-corrected chi connectivity index (χ0v) is 20.4. The number of carbonyl (C=O) groups excluding carboxylic acids is 1. The van der Waals surface area contributed by atoms with E-state index in [1.54, 1.807) is 30.3 Å². The van der Waals surface area contributed by atoms with E-state index in [0.717, 1.165) is 5.56 Å². The summed E-state index contributed by atoms with van der Waals surface area (Å²) in [5.74, 6) is -0.402. The number of benzene rings is 1. The van der Waals surface area contributed by atoms with Gasteiger partial charge in [0.15, 0.2) is 17.4 Å². The number of sulfonamides is 1. The number of pyridine rings is 1. The van der Waals surface area contributed by atoms with Crippen LogP contribution in [0.15, 0.2) is 60.1 Å². The van der Waals surface area contributed by atoms with Crippen LogP contribution in [0.5, 0.6) is 0 Å². The second kappa shape index (κ2) is 9.47. The van der Waals surface area contributed by atoms with Crippen molar-refractivity contribution in [1.82, 2.24) is 24.2 Å². The molecule has 0 radical (unpaired) electrons. The molecule has 4 aromatic rings. The third-order valence-corrected chi connectivity index (χ3v) is 8.23. The number of aromatic nitrogens is 4. The van der Waals surface area contributed by atoms with Crippen LogP contribution in [-0.4, -0.2) is 69.8 Å². The highest BCUT2D eigenvalue weighted by molar-refractivity contribution is 7.89. The molecule has 1 amide bonds. The van der Waals surface area contributed by atoms with Crippen molar-refractivity contribution in [2.45, 2.75) is 11.6 Å². The largest absolute Gasteiger partial charge is 0.619 e. The molecule has 1 aliphatic heterocycles. The molecule has 0 aliphatic carbocycles. The summed E-state index contributed by atoms with van der Waals surface area (Å²) < 4.78 is 28.7. The molecule has 1 aliphatic rings. The van der Waals surface area contributed by atoms with Crippen molar-refractivity contribution in [2.24, 2.45) is 0 Å². The van der Waals surface area contributed by atoms with Gasteiger partial charge < -0.3 is 20.2 Å². The molecule has 2 N–H and O–H groups in total. The maximum atomic E-state index is 13.4. The van der Waals surface area contributed by atoms with Crippen LogP contribution >= 0.6 is 11.6 Å². The number of nitrogens with one attached hydrogen (secondary N) is 1. The standard InChI is InChI=1S/C23H21ClN6O5S/c24-17-1-2-20-18(11-17)19(14-31)22(27-20)36(34,35)30-9-7-28(8-10-30)23(32)21-25-12-16(13-26-21)15-3-5-29(33)6-4-15/h1-6,11-13,27,31H,7-10,14H2. The molecule has 186 valence electrons. The van der Waals surface area contributed by atoms with Gasteiger partial charge in [0.25, 0.3) is 15.9 Å². The summed E-state index contributed by atoms with van der Waals surface area (Å²) in [7, 11) is -3.95. The van der Waals surface area contributed by atoms with Crippen LogP contribution in [0.25, 0.3) is 22.0 Å². The summed E-state index contributed by atoms with van der Waals surface area (Å²) in [6.45, 7) is -0.00295. The lowest BCUT2D eigenvalue weighted by atomic mass is 10.1. The van der Waals surface area contributed by atoms with Crippen molar-refractivity contribution in [2.75, 3.05) is 26.2 Å². The highest BCUT2D eigenvalue weighted by Crippen LogP contribution is 2.30. The van der Waals surface area contributed by atoms with E-state index in [9.17, 15) is 23.5 Å². The lowest BCUT2D eigenvalue weighted by Crippen LogP contribution is -2.50. The Labute approximate surface area is 211 Å². The molecular weight excluding hydrogens is 508 g/mol. The van der Waals surface area contributed by atoms with Crippen LogP contribution in [0.2, 0.25) is 5.02 Å².